The number of piperazine rings is 1. The minimum atomic E-state index is 0. The third-order valence-corrected chi connectivity index (χ3v) is 5.20. The molecule has 1 amide bonds. The van der Waals surface area contributed by atoms with E-state index >= 15 is 0 Å². The van der Waals surface area contributed by atoms with Crippen LogP contribution in [0.25, 0.3) is 0 Å². The van der Waals surface area contributed by atoms with Crippen LogP contribution in [0.1, 0.15) is 31.7 Å². The molecule has 2 aliphatic heterocycles. The number of hydrogen-bond donors (Lipinski definition) is 1. The average molecular weight is 388 g/mol. The molecule has 1 aromatic carbocycles. The van der Waals surface area contributed by atoms with Gasteiger partial charge < -0.3 is 10.2 Å². The van der Waals surface area contributed by atoms with Gasteiger partial charge in [0.1, 0.15) is 0 Å². The van der Waals surface area contributed by atoms with Gasteiger partial charge in [-0.25, -0.2) is 0 Å². The fourth-order valence-corrected chi connectivity index (χ4v) is 3.84. The molecule has 4 nitrogen and oxygen atoms in total. The van der Waals surface area contributed by atoms with E-state index in [1.165, 1.54) is 5.56 Å². The lowest BCUT2D eigenvalue weighted by Gasteiger charge is -2.40. The molecule has 2 aliphatic rings. The van der Waals surface area contributed by atoms with Gasteiger partial charge in [0, 0.05) is 38.6 Å². The number of piperidine rings is 1. The monoisotopic (exact) mass is 387 g/mol. The Morgan fingerprint density at radius 1 is 1.12 bits per heavy atom. The summed E-state index contributed by atoms with van der Waals surface area (Å²) >= 11 is 0. The molecule has 0 aromatic heterocycles. The zero-order valence-corrected chi connectivity index (χ0v) is 16.7. The minimum absolute atomic E-state index is 0. The summed E-state index contributed by atoms with van der Waals surface area (Å²) in [5.41, 5.74) is 1.36. The van der Waals surface area contributed by atoms with E-state index in [4.69, 9.17) is 0 Å². The Labute approximate surface area is 164 Å². The second-order valence-electron chi connectivity index (χ2n) is 7.05. The number of amides is 1. The fraction of sp³-hybridized carbons (Fsp3) is 0.632. The predicted molar refractivity (Wildman–Crippen MR) is 108 cm³/mol. The molecular formula is C19H31Cl2N3O. The highest BCUT2D eigenvalue weighted by Crippen LogP contribution is 2.20. The first-order valence-corrected chi connectivity index (χ1v) is 8.99. The lowest BCUT2D eigenvalue weighted by atomic mass is 9.93. The van der Waals surface area contributed by atoms with Gasteiger partial charge in [0.05, 0.1) is 0 Å². The van der Waals surface area contributed by atoms with E-state index in [1.54, 1.807) is 0 Å². The molecule has 1 aromatic rings. The second kappa shape index (κ2) is 11.0. The highest BCUT2D eigenvalue weighted by atomic mass is 35.5. The largest absolute Gasteiger partial charge is 0.337 e. The first-order valence-electron chi connectivity index (χ1n) is 8.99. The molecule has 1 N–H and O–H groups in total. The standard InChI is InChI=1S/C19H29N3O.2ClH/c1-16-14-21(15-18-5-3-2-4-6-18)11-12-22(16)19(23)13-17-7-9-20-10-8-17;;/h2-6,16-17,20H,7-15H2,1H3;2*1H/t16-;;/m1../s1. The Kier molecular flexibility index (Phi) is 9.80. The van der Waals surface area contributed by atoms with Crippen LogP contribution < -0.4 is 5.32 Å². The highest BCUT2D eigenvalue weighted by molar-refractivity contribution is 5.85. The Bertz CT molecular complexity index is 509. The fourth-order valence-electron chi connectivity index (χ4n) is 3.84. The van der Waals surface area contributed by atoms with Crippen molar-refractivity contribution in [2.24, 2.45) is 5.92 Å². The molecule has 0 aliphatic carbocycles. The maximum absolute atomic E-state index is 12.6. The van der Waals surface area contributed by atoms with Crippen molar-refractivity contribution in [3.63, 3.8) is 0 Å². The van der Waals surface area contributed by atoms with Gasteiger partial charge >= 0.3 is 0 Å². The molecular weight excluding hydrogens is 357 g/mol. The summed E-state index contributed by atoms with van der Waals surface area (Å²) in [5.74, 6) is 0.946. The van der Waals surface area contributed by atoms with Crippen LogP contribution in [0.4, 0.5) is 0 Å². The summed E-state index contributed by atoms with van der Waals surface area (Å²) in [6.45, 7) is 8.15. The van der Waals surface area contributed by atoms with Crippen molar-refractivity contribution >= 4 is 30.7 Å². The Morgan fingerprint density at radius 2 is 1.80 bits per heavy atom. The van der Waals surface area contributed by atoms with Crippen molar-refractivity contribution < 1.29 is 4.79 Å². The van der Waals surface area contributed by atoms with Crippen LogP contribution in [0.5, 0.6) is 0 Å². The number of nitrogens with one attached hydrogen (secondary N) is 1. The quantitative estimate of drug-likeness (QED) is 0.862. The molecule has 2 saturated heterocycles. The lowest BCUT2D eigenvalue weighted by Crippen LogP contribution is -2.54. The van der Waals surface area contributed by atoms with Crippen molar-refractivity contribution in [3.05, 3.63) is 35.9 Å². The Hall–Kier alpha value is -0.810. The average Bonchev–Trinajstić information content (AvgIpc) is 2.57. The topological polar surface area (TPSA) is 35.6 Å². The summed E-state index contributed by atoms with van der Waals surface area (Å²) in [7, 11) is 0. The number of hydrogen-bond acceptors (Lipinski definition) is 3. The smallest absolute Gasteiger partial charge is 0.223 e. The number of benzene rings is 1. The number of carbonyl (C=O) groups excluding carboxylic acids is 1. The lowest BCUT2D eigenvalue weighted by molar-refractivity contribution is -0.137. The molecule has 0 unspecified atom stereocenters. The first kappa shape index (κ1) is 22.2. The summed E-state index contributed by atoms with van der Waals surface area (Å²) in [6.07, 6.45) is 3.03. The molecule has 25 heavy (non-hydrogen) atoms. The van der Waals surface area contributed by atoms with Crippen molar-refractivity contribution in [1.29, 1.82) is 0 Å². The van der Waals surface area contributed by atoms with Crippen molar-refractivity contribution in [2.45, 2.75) is 38.8 Å². The van der Waals surface area contributed by atoms with Crippen LogP contribution in [0.2, 0.25) is 0 Å². The molecule has 2 heterocycles. The number of rotatable bonds is 4. The number of nitrogens with zero attached hydrogens (tertiary/aromatic N) is 2. The van der Waals surface area contributed by atoms with Crippen LogP contribution in [0.3, 0.4) is 0 Å². The van der Waals surface area contributed by atoms with E-state index in [2.05, 4.69) is 52.4 Å². The van der Waals surface area contributed by atoms with Crippen LogP contribution in [-0.2, 0) is 11.3 Å². The summed E-state index contributed by atoms with van der Waals surface area (Å²) in [4.78, 5) is 17.2. The van der Waals surface area contributed by atoms with E-state index in [9.17, 15) is 4.79 Å². The van der Waals surface area contributed by atoms with Crippen molar-refractivity contribution in [2.75, 3.05) is 32.7 Å². The van der Waals surface area contributed by atoms with Gasteiger partial charge in [-0.1, -0.05) is 30.3 Å². The molecule has 0 bridgehead atoms. The molecule has 1 atom stereocenters. The van der Waals surface area contributed by atoms with Gasteiger partial charge in [-0.2, -0.15) is 0 Å². The maximum atomic E-state index is 12.6. The van der Waals surface area contributed by atoms with Gasteiger partial charge in [-0.3, -0.25) is 9.69 Å². The number of carbonyl (C=O) groups is 1. The van der Waals surface area contributed by atoms with Gasteiger partial charge in [-0.05, 0) is 44.3 Å². The van der Waals surface area contributed by atoms with Gasteiger partial charge in [0.15, 0.2) is 0 Å². The third-order valence-electron chi connectivity index (χ3n) is 5.20. The first-order chi connectivity index (χ1) is 11.2. The zero-order chi connectivity index (χ0) is 16.1. The van der Waals surface area contributed by atoms with Gasteiger partial charge in [-0.15, -0.1) is 24.8 Å². The van der Waals surface area contributed by atoms with Gasteiger partial charge in [0.2, 0.25) is 5.91 Å². The third kappa shape index (κ3) is 6.45. The molecule has 0 spiro atoms. The van der Waals surface area contributed by atoms with Crippen molar-refractivity contribution in [3.8, 4) is 0 Å². The molecule has 0 saturated carbocycles. The van der Waals surface area contributed by atoms with Crippen LogP contribution in [-0.4, -0.2) is 54.5 Å². The van der Waals surface area contributed by atoms with Crippen LogP contribution in [0.15, 0.2) is 30.3 Å². The van der Waals surface area contributed by atoms with Crippen LogP contribution >= 0.6 is 24.8 Å². The predicted octanol–water partition coefficient (Wildman–Crippen LogP) is 2.95. The van der Waals surface area contributed by atoms with E-state index in [0.29, 0.717) is 17.9 Å². The molecule has 6 heteroatoms. The van der Waals surface area contributed by atoms with E-state index in [-0.39, 0.29) is 24.8 Å². The zero-order valence-electron chi connectivity index (χ0n) is 15.0. The SMILES string of the molecule is C[C@@H]1CN(Cc2ccccc2)CCN1C(=O)CC1CCNCC1.Cl.Cl. The minimum Gasteiger partial charge on any atom is -0.337 e. The second-order valence-corrected chi connectivity index (χ2v) is 7.05. The molecule has 0 radical (unpaired) electrons. The van der Waals surface area contributed by atoms with E-state index in [0.717, 1.165) is 58.5 Å². The van der Waals surface area contributed by atoms with E-state index in [1.807, 2.05) is 0 Å². The Balaban J connectivity index is 0.00000156. The number of halogens is 2. The summed E-state index contributed by atoms with van der Waals surface area (Å²) in [5, 5.41) is 3.37. The summed E-state index contributed by atoms with van der Waals surface area (Å²) in [6, 6.07) is 10.9. The Morgan fingerprint density at radius 3 is 2.44 bits per heavy atom. The normalized spacial score (nSPS) is 22.0. The molecule has 2 fully saturated rings. The van der Waals surface area contributed by atoms with Crippen molar-refractivity contribution in [1.82, 2.24) is 15.1 Å². The van der Waals surface area contributed by atoms with E-state index < -0.39 is 0 Å². The molecule has 142 valence electrons. The highest BCUT2D eigenvalue weighted by Gasteiger charge is 2.29. The summed E-state index contributed by atoms with van der Waals surface area (Å²) < 4.78 is 0. The van der Waals surface area contributed by atoms with Crippen LogP contribution in [0, 0.1) is 5.92 Å². The maximum Gasteiger partial charge on any atom is 0.223 e. The molecule has 3 rings (SSSR count). The van der Waals surface area contributed by atoms with Gasteiger partial charge in [0.25, 0.3) is 0 Å².